The number of piperidine rings is 1. The summed E-state index contributed by atoms with van der Waals surface area (Å²) < 4.78 is 11.8. The van der Waals surface area contributed by atoms with E-state index < -0.39 is 0 Å². The molecule has 1 aromatic carbocycles. The lowest BCUT2D eigenvalue weighted by Gasteiger charge is -2.33. The fraction of sp³-hybridized carbons (Fsp3) is 0.261. The highest BCUT2D eigenvalue weighted by Crippen LogP contribution is 2.28. The number of pyridine rings is 1. The Morgan fingerprint density at radius 2 is 2.19 bits per heavy atom. The molecule has 2 aromatic heterocycles. The standard InChI is InChI=1S/C23H23BrN4O3/c1-15-14-28(23(29)27-21-13-26-31-16(21)2)9-8-18(15)10-17-4-3-5-20(11-17)30-22-7-6-19(24)12-25-22/h3-7,10-13,15H,8-9,14H2,1-2H3,(H,27,29). The number of carbonyl (C=O) groups is 1. The predicted octanol–water partition coefficient (Wildman–Crippen LogP) is 5.89. The van der Waals surface area contributed by atoms with Crippen molar-refractivity contribution in [2.75, 3.05) is 18.4 Å². The van der Waals surface area contributed by atoms with Gasteiger partial charge in [-0.3, -0.25) is 0 Å². The third kappa shape index (κ3) is 5.32. The second-order valence-corrected chi connectivity index (χ2v) is 8.45. The number of amides is 2. The largest absolute Gasteiger partial charge is 0.439 e. The van der Waals surface area contributed by atoms with E-state index in [1.54, 1.807) is 13.1 Å². The summed E-state index contributed by atoms with van der Waals surface area (Å²) >= 11 is 3.37. The van der Waals surface area contributed by atoms with E-state index in [4.69, 9.17) is 9.26 Å². The lowest BCUT2D eigenvalue weighted by Crippen LogP contribution is -2.42. The van der Waals surface area contributed by atoms with Crippen molar-refractivity contribution in [1.29, 1.82) is 0 Å². The number of hydrogen-bond acceptors (Lipinski definition) is 5. The monoisotopic (exact) mass is 482 g/mol. The van der Waals surface area contributed by atoms with Gasteiger partial charge in [0.2, 0.25) is 5.88 Å². The Morgan fingerprint density at radius 1 is 1.32 bits per heavy atom. The molecule has 1 N–H and O–H groups in total. The number of nitrogens with one attached hydrogen (secondary N) is 1. The molecule has 1 aliphatic heterocycles. The van der Waals surface area contributed by atoms with Gasteiger partial charge in [0.1, 0.15) is 11.4 Å². The van der Waals surface area contributed by atoms with Crippen LogP contribution in [0.25, 0.3) is 6.08 Å². The number of anilines is 1. The van der Waals surface area contributed by atoms with Gasteiger partial charge in [-0.15, -0.1) is 0 Å². The van der Waals surface area contributed by atoms with Crippen LogP contribution in [0.15, 0.2) is 63.4 Å². The molecule has 1 unspecified atom stereocenters. The van der Waals surface area contributed by atoms with Crippen molar-refractivity contribution in [3.8, 4) is 11.6 Å². The van der Waals surface area contributed by atoms with Crippen LogP contribution in [-0.4, -0.2) is 34.2 Å². The minimum Gasteiger partial charge on any atom is -0.439 e. The van der Waals surface area contributed by atoms with Gasteiger partial charge in [-0.1, -0.05) is 35.9 Å². The van der Waals surface area contributed by atoms with Crippen LogP contribution in [-0.2, 0) is 0 Å². The molecule has 7 nitrogen and oxygen atoms in total. The predicted molar refractivity (Wildman–Crippen MR) is 122 cm³/mol. The number of carbonyl (C=O) groups excluding carboxylic acids is 1. The minimum atomic E-state index is -0.130. The zero-order valence-corrected chi connectivity index (χ0v) is 18.9. The Bertz CT molecular complexity index is 1090. The molecule has 1 aliphatic rings. The summed E-state index contributed by atoms with van der Waals surface area (Å²) in [7, 11) is 0. The van der Waals surface area contributed by atoms with Gasteiger partial charge < -0.3 is 19.5 Å². The highest BCUT2D eigenvalue weighted by Gasteiger charge is 2.25. The molecule has 3 aromatic rings. The molecule has 1 saturated heterocycles. The molecule has 2 amide bonds. The fourth-order valence-electron chi connectivity index (χ4n) is 3.49. The van der Waals surface area contributed by atoms with Crippen LogP contribution in [0.1, 0.15) is 24.7 Å². The maximum absolute atomic E-state index is 12.6. The second-order valence-electron chi connectivity index (χ2n) is 7.53. The molecule has 0 bridgehead atoms. The lowest BCUT2D eigenvalue weighted by molar-refractivity contribution is 0.197. The Labute approximate surface area is 189 Å². The van der Waals surface area contributed by atoms with Crippen LogP contribution < -0.4 is 10.1 Å². The van der Waals surface area contributed by atoms with Crippen LogP contribution in [0.3, 0.4) is 0 Å². The van der Waals surface area contributed by atoms with Crippen molar-refractivity contribution < 1.29 is 14.1 Å². The van der Waals surface area contributed by atoms with Gasteiger partial charge in [0.15, 0.2) is 5.76 Å². The third-order valence-corrected chi connectivity index (χ3v) is 5.68. The number of halogens is 1. The van der Waals surface area contributed by atoms with E-state index in [2.05, 4.69) is 50.5 Å². The lowest BCUT2D eigenvalue weighted by atomic mass is 9.91. The number of rotatable bonds is 4. The van der Waals surface area contributed by atoms with Crippen molar-refractivity contribution in [2.45, 2.75) is 20.3 Å². The maximum Gasteiger partial charge on any atom is 0.322 e. The van der Waals surface area contributed by atoms with E-state index >= 15 is 0 Å². The fourth-order valence-corrected chi connectivity index (χ4v) is 3.72. The minimum absolute atomic E-state index is 0.130. The van der Waals surface area contributed by atoms with Crippen LogP contribution in [0.2, 0.25) is 0 Å². The number of ether oxygens (including phenoxy) is 1. The first kappa shape index (κ1) is 21.1. The topological polar surface area (TPSA) is 80.5 Å². The molecule has 0 spiro atoms. The number of nitrogens with zero attached hydrogens (tertiary/aromatic N) is 3. The Kier molecular flexibility index (Phi) is 6.36. The molecule has 0 radical (unpaired) electrons. The molecule has 3 heterocycles. The second kappa shape index (κ2) is 9.34. The third-order valence-electron chi connectivity index (χ3n) is 5.21. The quantitative estimate of drug-likeness (QED) is 0.501. The summed E-state index contributed by atoms with van der Waals surface area (Å²) in [6.07, 6.45) is 6.23. The summed E-state index contributed by atoms with van der Waals surface area (Å²) in [6, 6.07) is 11.5. The van der Waals surface area contributed by atoms with Crippen molar-refractivity contribution in [2.24, 2.45) is 5.92 Å². The molecule has 160 valence electrons. The molecule has 1 atom stereocenters. The highest BCUT2D eigenvalue weighted by atomic mass is 79.9. The van der Waals surface area contributed by atoms with Gasteiger partial charge in [0.05, 0.1) is 6.20 Å². The molecule has 31 heavy (non-hydrogen) atoms. The SMILES string of the molecule is Cc1oncc1NC(=O)N1CCC(=Cc2cccc(Oc3ccc(Br)cn3)c2)C(C)C1. The summed E-state index contributed by atoms with van der Waals surface area (Å²) in [6.45, 7) is 5.22. The average molecular weight is 483 g/mol. The van der Waals surface area contributed by atoms with Crippen LogP contribution in [0, 0.1) is 12.8 Å². The van der Waals surface area contributed by atoms with Crippen molar-refractivity contribution in [3.05, 3.63) is 70.2 Å². The number of hydrogen-bond donors (Lipinski definition) is 1. The summed E-state index contributed by atoms with van der Waals surface area (Å²) in [5.41, 5.74) is 2.98. The first-order valence-electron chi connectivity index (χ1n) is 10.0. The van der Waals surface area contributed by atoms with Gasteiger partial charge in [-0.25, -0.2) is 9.78 Å². The number of benzene rings is 1. The van der Waals surface area contributed by atoms with E-state index in [1.807, 2.05) is 35.2 Å². The first-order chi connectivity index (χ1) is 15.0. The van der Waals surface area contributed by atoms with E-state index in [9.17, 15) is 4.79 Å². The van der Waals surface area contributed by atoms with E-state index in [-0.39, 0.29) is 11.9 Å². The van der Waals surface area contributed by atoms with Crippen LogP contribution >= 0.6 is 15.9 Å². The highest BCUT2D eigenvalue weighted by molar-refractivity contribution is 9.10. The number of urea groups is 1. The van der Waals surface area contributed by atoms with Crippen molar-refractivity contribution in [3.63, 3.8) is 0 Å². The van der Waals surface area contributed by atoms with Crippen molar-refractivity contribution >= 4 is 33.7 Å². The maximum atomic E-state index is 12.6. The van der Waals surface area contributed by atoms with Gasteiger partial charge in [0.25, 0.3) is 0 Å². The molecule has 8 heteroatoms. The summed E-state index contributed by atoms with van der Waals surface area (Å²) in [4.78, 5) is 18.6. The number of aromatic nitrogens is 2. The first-order valence-corrected chi connectivity index (χ1v) is 10.8. The van der Waals surface area contributed by atoms with E-state index in [1.165, 1.54) is 11.8 Å². The van der Waals surface area contributed by atoms with E-state index in [0.717, 1.165) is 22.2 Å². The zero-order chi connectivity index (χ0) is 21.8. The average Bonchev–Trinajstić information content (AvgIpc) is 3.16. The van der Waals surface area contributed by atoms with Gasteiger partial charge in [-0.2, -0.15) is 0 Å². The van der Waals surface area contributed by atoms with Gasteiger partial charge >= 0.3 is 6.03 Å². The number of aryl methyl sites for hydroxylation is 1. The zero-order valence-electron chi connectivity index (χ0n) is 17.3. The molecule has 4 rings (SSSR count). The summed E-state index contributed by atoms with van der Waals surface area (Å²) in [5.74, 6) is 2.13. The Hall–Kier alpha value is -3.13. The normalized spacial score (nSPS) is 17.6. The van der Waals surface area contributed by atoms with Gasteiger partial charge in [-0.05, 0) is 59.0 Å². The molecular weight excluding hydrogens is 460 g/mol. The molecular formula is C23H23BrN4O3. The Morgan fingerprint density at radius 3 is 2.90 bits per heavy atom. The molecule has 1 fully saturated rings. The summed E-state index contributed by atoms with van der Waals surface area (Å²) in [5, 5.41) is 6.56. The van der Waals surface area contributed by atoms with Crippen molar-refractivity contribution in [1.82, 2.24) is 15.0 Å². The molecule has 0 saturated carbocycles. The molecule has 0 aliphatic carbocycles. The van der Waals surface area contributed by atoms with E-state index in [0.29, 0.717) is 30.4 Å². The Balaban J connectivity index is 1.40. The van der Waals surface area contributed by atoms with Crippen LogP contribution in [0.5, 0.6) is 11.6 Å². The van der Waals surface area contributed by atoms with Crippen LogP contribution in [0.4, 0.5) is 10.5 Å². The van der Waals surface area contributed by atoms with Gasteiger partial charge in [0, 0.05) is 29.8 Å². The smallest absolute Gasteiger partial charge is 0.322 e. The number of likely N-dealkylation sites (tertiary alicyclic amines) is 1.